The van der Waals surface area contributed by atoms with E-state index in [-0.39, 0.29) is 6.04 Å². The highest BCUT2D eigenvalue weighted by Gasteiger charge is 2.10. The quantitative estimate of drug-likeness (QED) is 0.740. The summed E-state index contributed by atoms with van der Waals surface area (Å²) < 4.78 is 0. The molecule has 0 aliphatic carbocycles. The Hall–Kier alpha value is -1.33. The van der Waals surface area contributed by atoms with Crippen molar-refractivity contribution in [2.75, 3.05) is 6.54 Å². The predicted molar refractivity (Wildman–Crippen MR) is 68.1 cm³/mol. The molecule has 2 nitrogen and oxygen atoms in total. The van der Waals surface area contributed by atoms with Crippen molar-refractivity contribution in [2.45, 2.75) is 39.2 Å². The zero-order valence-corrected chi connectivity index (χ0v) is 10.2. The van der Waals surface area contributed by atoms with Crippen LogP contribution >= 0.6 is 0 Å². The molecule has 0 saturated carbocycles. The Kier molecular flexibility index (Phi) is 5.60. The summed E-state index contributed by atoms with van der Waals surface area (Å²) in [5, 5.41) is 3.49. The van der Waals surface area contributed by atoms with Gasteiger partial charge in [0, 0.05) is 12.1 Å². The molecular formula is C14H20N2. The number of aryl methyl sites for hydroxylation is 1. The second-order valence-corrected chi connectivity index (χ2v) is 3.95. The minimum absolute atomic E-state index is 0.288. The molecule has 0 radical (unpaired) electrons. The van der Waals surface area contributed by atoms with Crippen molar-refractivity contribution in [3.8, 4) is 12.3 Å². The van der Waals surface area contributed by atoms with Gasteiger partial charge in [0.05, 0.1) is 11.7 Å². The molecule has 0 aliphatic rings. The molecule has 1 aromatic heterocycles. The van der Waals surface area contributed by atoms with Crippen LogP contribution in [0, 0.1) is 19.3 Å². The number of rotatable bonds is 6. The first kappa shape index (κ1) is 12.7. The Balaban J connectivity index is 2.70. The van der Waals surface area contributed by atoms with Gasteiger partial charge in [-0.25, -0.2) is 0 Å². The summed E-state index contributed by atoms with van der Waals surface area (Å²) in [5.41, 5.74) is 2.16. The highest BCUT2D eigenvalue weighted by molar-refractivity contribution is 5.13. The summed E-state index contributed by atoms with van der Waals surface area (Å²) >= 11 is 0. The van der Waals surface area contributed by atoms with E-state index in [1.165, 1.54) is 0 Å². The van der Waals surface area contributed by atoms with Crippen LogP contribution < -0.4 is 5.32 Å². The van der Waals surface area contributed by atoms with Crippen molar-refractivity contribution in [2.24, 2.45) is 0 Å². The van der Waals surface area contributed by atoms with Gasteiger partial charge in [0.15, 0.2) is 0 Å². The molecule has 0 saturated heterocycles. The molecule has 0 fully saturated rings. The first-order valence-electron chi connectivity index (χ1n) is 5.88. The molecule has 86 valence electrons. The van der Waals surface area contributed by atoms with Gasteiger partial charge in [-0.05, 0) is 38.4 Å². The van der Waals surface area contributed by atoms with Crippen LogP contribution in [-0.2, 0) is 0 Å². The van der Waals surface area contributed by atoms with E-state index < -0.39 is 0 Å². The standard InChI is InChI=1S/C14H20N2/c1-4-6-9-13(15-11-5-2)14-10-7-8-12(3)16-14/h1,7-8,10,13,15H,5-6,9,11H2,2-3H3. The van der Waals surface area contributed by atoms with Gasteiger partial charge in [-0.15, -0.1) is 12.3 Å². The summed E-state index contributed by atoms with van der Waals surface area (Å²) in [4.78, 5) is 4.55. The third kappa shape index (κ3) is 4.04. The lowest BCUT2D eigenvalue weighted by molar-refractivity contribution is 0.494. The lowest BCUT2D eigenvalue weighted by Gasteiger charge is -2.17. The van der Waals surface area contributed by atoms with Crippen LogP contribution in [-0.4, -0.2) is 11.5 Å². The first-order valence-corrected chi connectivity index (χ1v) is 5.88. The fourth-order valence-electron chi connectivity index (χ4n) is 1.66. The number of nitrogens with zero attached hydrogens (tertiary/aromatic N) is 1. The number of hydrogen-bond donors (Lipinski definition) is 1. The van der Waals surface area contributed by atoms with Gasteiger partial charge >= 0.3 is 0 Å². The highest BCUT2D eigenvalue weighted by atomic mass is 14.9. The van der Waals surface area contributed by atoms with E-state index in [1.807, 2.05) is 19.1 Å². The minimum Gasteiger partial charge on any atom is -0.309 e. The number of aromatic nitrogens is 1. The average Bonchev–Trinajstić information content (AvgIpc) is 2.29. The van der Waals surface area contributed by atoms with E-state index in [2.05, 4.69) is 29.2 Å². The lowest BCUT2D eigenvalue weighted by atomic mass is 10.1. The molecule has 0 amide bonds. The number of nitrogens with one attached hydrogen (secondary N) is 1. The molecule has 1 aromatic rings. The normalized spacial score (nSPS) is 12.1. The number of pyridine rings is 1. The molecule has 2 heteroatoms. The van der Waals surface area contributed by atoms with Crippen LogP contribution in [0.1, 0.15) is 43.6 Å². The topological polar surface area (TPSA) is 24.9 Å². The highest BCUT2D eigenvalue weighted by Crippen LogP contribution is 2.16. The van der Waals surface area contributed by atoms with Gasteiger partial charge in [0.2, 0.25) is 0 Å². The van der Waals surface area contributed by atoms with Gasteiger partial charge in [-0.1, -0.05) is 13.0 Å². The Morgan fingerprint density at radius 3 is 2.94 bits per heavy atom. The maximum absolute atomic E-state index is 5.32. The third-order valence-electron chi connectivity index (χ3n) is 2.48. The summed E-state index contributed by atoms with van der Waals surface area (Å²) in [6, 6.07) is 6.42. The smallest absolute Gasteiger partial charge is 0.0576 e. The van der Waals surface area contributed by atoms with Crippen LogP contribution in [0.5, 0.6) is 0 Å². The van der Waals surface area contributed by atoms with Crippen molar-refractivity contribution in [3.63, 3.8) is 0 Å². The van der Waals surface area contributed by atoms with Crippen molar-refractivity contribution in [1.82, 2.24) is 10.3 Å². The van der Waals surface area contributed by atoms with Gasteiger partial charge in [0.25, 0.3) is 0 Å². The summed E-state index contributed by atoms with van der Waals surface area (Å²) in [6.45, 7) is 5.18. The second-order valence-electron chi connectivity index (χ2n) is 3.95. The van der Waals surface area contributed by atoms with E-state index in [1.54, 1.807) is 0 Å². The fourth-order valence-corrected chi connectivity index (χ4v) is 1.66. The van der Waals surface area contributed by atoms with E-state index in [9.17, 15) is 0 Å². The Labute approximate surface area is 98.5 Å². The molecule has 16 heavy (non-hydrogen) atoms. The molecule has 1 rings (SSSR count). The van der Waals surface area contributed by atoms with Gasteiger partial charge in [-0.3, -0.25) is 4.98 Å². The Bertz CT molecular complexity index is 352. The molecule has 1 atom stereocenters. The Morgan fingerprint density at radius 1 is 1.50 bits per heavy atom. The van der Waals surface area contributed by atoms with E-state index in [4.69, 9.17) is 6.42 Å². The first-order chi connectivity index (χ1) is 7.77. The molecule has 0 spiro atoms. The van der Waals surface area contributed by atoms with E-state index in [0.29, 0.717) is 0 Å². The van der Waals surface area contributed by atoms with E-state index >= 15 is 0 Å². The van der Waals surface area contributed by atoms with Crippen LogP contribution in [0.3, 0.4) is 0 Å². The molecule has 0 bridgehead atoms. The maximum Gasteiger partial charge on any atom is 0.0576 e. The summed E-state index contributed by atoms with van der Waals surface area (Å²) in [6.07, 6.45) is 8.18. The maximum atomic E-state index is 5.32. The number of hydrogen-bond acceptors (Lipinski definition) is 2. The minimum atomic E-state index is 0.288. The molecular weight excluding hydrogens is 196 g/mol. The zero-order chi connectivity index (χ0) is 11.8. The molecule has 0 aliphatic heterocycles. The molecule has 1 unspecified atom stereocenters. The molecule has 1 heterocycles. The van der Waals surface area contributed by atoms with Crippen molar-refractivity contribution in [3.05, 3.63) is 29.6 Å². The largest absolute Gasteiger partial charge is 0.309 e. The van der Waals surface area contributed by atoms with Crippen LogP contribution in [0.15, 0.2) is 18.2 Å². The number of terminal acetylenes is 1. The van der Waals surface area contributed by atoms with Crippen LogP contribution in [0.25, 0.3) is 0 Å². The predicted octanol–water partition coefficient (Wildman–Crippen LogP) is 2.84. The fraction of sp³-hybridized carbons (Fsp3) is 0.500. The Morgan fingerprint density at radius 2 is 2.31 bits per heavy atom. The van der Waals surface area contributed by atoms with Crippen LogP contribution in [0.2, 0.25) is 0 Å². The third-order valence-corrected chi connectivity index (χ3v) is 2.48. The molecule has 1 N–H and O–H groups in total. The summed E-state index contributed by atoms with van der Waals surface area (Å²) in [7, 11) is 0. The second kappa shape index (κ2) is 7.03. The van der Waals surface area contributed by atoms with Gasteiger partial charge in [-0.2, -0.15) is 0 Å². The zero-order valence-electron chi connectivity index (χ0n) is 10.2. The SMILES string of the molecule is C#CCCC(NCCC)c1cccc(C)n1. The van der Waals surface area contributed by atoms with Crippen molar-refractivity contribution < 1.29 is 0 Å². The lowest BCUT2D eigenvalue weighted by Crippen LogP contribution is -2.23. The van der Waals surface area contributed by atoms with E-state index in [0.717, 1.165) is 37.2 Å². The average molecular weight is 216 g/mol. The van der Waals surface area contributed by atoms with Gasteiger partial charge < -0.3 is 5.32 Å². The molecule has 0 aromatic carbocycles. The van der Waals surface area contributed by atoms with Gasteiger partial charge in [0.1, 0.15) is 0 Å². The van der Waals surface area contributed by atoms with Crippen LogP contribution in [0.4, 0.5) is 0 Å². The van der Waals surface area contributed by atoms with Crippen molar-refractivity contribution >= 4 is 0 Å². The summed E-state index contributed by atoms with van der Waals surface area (Å²) in [5.74, 6) is 2.69. The monoisotopic (exact) mass is 216 g/mol. The van der Waals surface area contributed by atoms with Crippen molar-refractivity contribution in [1.29, 1.82) is 0 Å².